The van der Waals surface area contributed by atoms with Crippen molar-refractivity contribution in [1.82, 2.24) is 14.4 Å². The molecule has 2 unspecified atom stereocenters. The number of benzene rings is 1. The lowest BCUT2D eigenvalue weighted by Gasteiger charge is -2.39. The lowest BCUT2D eigenvalue weighted by Crippen LogP contribution is -2.40. The molecule has 32 heavy (non-hydrogen) atoms. The smallest absolute Gasteiger partial charge is 0.254 e. The zero-order valence-electron chi connectivity index (χ0n) is 19.6. The second kappa shape index (κ2) is 7.91. The van der Waals surface area contributed by atoms with E-state index in [2.05, 4.69) is 36.3 Å². The number of morpholine rings is 1. The molecule has 0 radical (unpaired) electrons. The molecule has 6 heteroatoms. The molecule has 2 aromatic rings. The third kappa shape index (κ3) is 4.05. The molecule has 1 aromatic heterocycles. The third-order valence-corrected chi connectivity index (χ3v) is 7.62. The van der Waals surface area contributed by atoms with E-state index in [0.717, 1.165) is 35.9 Å². The molecule has 1 saturated carbocycles. The number of fused-ring (bicyclic) bond motifs is 3. The van der Waals surface area contributed by atoms with Gasteiger partial charge in [0.25, 0.3) is 5.91 Å². The zero-order chi connectivity index (χ0) is 22.5. The van der Waals surface area contributed by atoms with Gasteiger partial charge in [-0.1, -0.05) is 20.8 Å². The monoisotopic (exact) mass is 437 g/mol. The molecule has 0 N–H and O–H groups in total. The number of hydrogen-bond donors (Lipinski definition) is 0. The second-order valence-corrected chi connectivity index (χ2v) is 11.2. The van der Waals surface area contributed by atoms with Crippen LogP contribution in [-0.2, 0) is 16.1 Å². The van der Waals surface area contributed by atoms with Crippen LogP contribution >= 0.6 is 0 Å². The van der Waals surface area contributed by atoms with E-state index < -0.39 is 0 Å². The SMILES string of the molecule is CC1(C)CC2CC(C)(CN2C(=O)c2ccc3c(ccn3CCC(=O)N3CCOCC3)c2)C1. The van der Waals surface area contributed by atoms with Crippen LogP contribution in [-0.4, -0.2) is 65.1 Å². The van der Waals surface area contributed by atoms with Crippen molar-refractivity contribution in [1.29, 1.82) is 0 Å². The maximum atomic E-state index is 13.4. The molecule has 2 amide bonds. The van der Waals surface area contributed by atoms with Gasteiger partial charge in [-0.05, 0) is 54.4 Å². The first kappa shape index (κ1) is 21.5. The van der Waals surface area contributed by atoms with Crippen LogP contribution in [0.25, 0.3) is 10.9 Å². The summed E-state index contributed by atoms with van der Waals surface area (Å²) in [5.74, 6) is 0.340. The van der Waals surface area contributed by atoms with E-state index in [1.165, 1.54) is 6.42 Å². The second-order valence-electron chi connectivity index (χ2n) is 11.2. The van der Waals surface area contributed by atoms with Gasteiger partial charge in [0.1, 0.15) is 0 Å². The third-order valence-electron chi connectivity index (χ3n) is 7.62. The first-order valence-electron chi connectivity index (χ1n) is 12.0. The van der Waals surface area contributed by atoms with Gasteiger partial charge in [0.2, 0.25) is 5.91 Å². The summed E-state index contributed by atoms with van der Waals surface area (Å²) in [7, 11) is 0. The summed E-state index contributed by atoms with van der Waals surface area (Å²) in [5, 5.41) is 1.06. The molecule has 6 nitrogen and oxygen atoms in total. The van der Waals surface area contributed by atoms with Gasteiger partial charge in [-0.2, -0.15) is 0 Å². The lowest BCUT2D eigenvalue weighted by molar-refractivity contribution is -0.135. The van der Waals surface area contributed by atoms with Crippen molar-refractivity contribution in [2.24, 2.45) is 10.8 Å². The highest BCUT2D eigenvalue weighted by atomic mass is 16.5. The summed E-state index contributed by atoms with van der Waals surface area (Å²) in [4.78, 5) is 30.0. The first-order chi connectivity index (χ1) is 15.2. The fourth-order valence-corrected chi connectivity index (χ4v) is 6.58. The maximum absolute atomic E-state index is 13.4. The van der Waals surface area contributed by atoms with Gasteiger partial charge in [-0.3, -0.25) is 9.59 Å². The molecule has 2 saturated heterocycles. The standard InChI is InChI=1S/C26H35N3O3/c1-25(2)15-21-16-26(3,17-25)18-29(21)24(31)20-4-5-22-19(14-20)6-8-27(22)9-7-23(30)28-10-12-32-13-11-28/h4-6,8,14,21H,7,9-13,15-18H2,1-3H3. The van der Waals surface area contributed by atoms with Gasteiger partial charge < -0.3 is 19.1 Å². The topological polar surface area (TPSA) is 54.8 Å². The molecule has 3 fully saturated rings. The van der Waals surface area contributed by atoms with Crippen LogP contribution in [0.1, 0.15) is 56.8 Å². The molecule has 1 aliphatic carbocycles. The van der Waals surface area contributed by atoms with Crippen LogP contribution in [0, 0.1) is 10.8 Å². The lowest BCUT2D eigenvalue weighted by atomic mass is 9.65. The predicted molar refractivity (Wildman–Crippen MR) is 125 cm³/mol. The Balaban J connectivity index is 1.29. The van der Waals surface area contributed by atoms with Crippen molar-refractivity contribution in [2.75, 3.05) is 32.8 Å². The summed E-state index contributed by atoms with van der Waals surface area (Å²) in [6.07, 6.45) is 5.90. The van der Waals surface area contributed by atoms with Crippen LogP contribution in [0.15, 0.2) is 30.5 Å². The Morgan fingerprint density at radius 2 is 1.88 bits per heavy atom. The minimum Gasteiger partial charge on any atom is -0.378 e. The van der Waals surface area contributed by atoms with Gasteiger partial charge in [0.05, 0.1) is 13.2 Å². The van der Waals surface area contributed by atoms with Crippen LogP contribution in [0.2, 0.25) is 0 Å². The van der Waals surface area contributed by atoms with Crippen molar-refractivity contribution in [3.05, 3.63) is 36.0 Å². The number of aromatic nitrogens is 1. The maximum Gasteiger partial charge on any atom is 0.254 e. The van der Waals surface area contributed by atoms with Crippen LogP contribution in [0.5, 0.6) is 0 Å². The van der Waals surface area contributed by atoms with E-state index in [1.54, 1.807) is 0 Å². The molecule has 1 aromatic carbocycles. The molecule has 2 atom stereocenters. The minimum atomic E-state index is 0.161. The Labute approximate surface area is 190 Å². The largest absolute Gasteiger partial charge is 0.378 e. The molecule has 172 valence electrons. The van der Waals surface area contributed by atoms with Gasteiger partial charge in [-0.25, -0.2) is 0 Å². The average molecular weight is 438 g/mol. The number of amides is 2. The molecular weight excluding hydrogens is 402 g/mol. The quantitative estimate of drug-likeness (QED) is 0.728. The van der Waals surface area contributed by atoms with Crippen molar-refractivity contribution < 1.29 is 14.3 Å². The van der Waals surface area contributed by atoms with E-state index in [4.69, 9.17) is 4.74 Å². The highest BCUT2D eigenvalue weighted by Crippen LogP contribution is 2.52. The van der Waals surface area contributed by atoms with Crippen LogP contribution in [0.4, 0.5) is 0 Å². The number of rotatable bonds is 4. The van der Waals surface area contributed by atoms with E-state index >= 15 is 0 Å². The molecule has 0 spiro atoms. The fraction of sp³-hybridized carbons (Fsp3) is 0.615. The van der Waals surface area contributed by atoms with Crippen molar-refractivity contribution in [2.45, 2.75) is 59.0 Å². The van der Waals surface area contributed by atoms with Crippen molar-refractivity contribution in [3.63, 3.8) is 0 Å². The van der Waals surface area contributed by atoms with E-state index in [0.29, 0.717) is 50.7 Å². The van der Waals surface area contributed by atoms with Gasteiger partial charge in [-0.15, -0.1) is 0 Å². The van der Waals surface area contributed by atoms with Crippen LogP contribution < -0.4 is 0 Å². The molecule has 3 heterocycles. The number of carbonyl (C=O) groups is 2. The van der Waals surface area contributed by atoms with Gasteiger partial charge >= 0.3 is 0 Å². The van der Waals surface area contributed by atoms with E-state index in [9.17, 15) is 9.59 Å². The number of carbonyl (C=O) groups excluding carboxylic acids is 2. The normalized spacial score (nSPS) is 27.2. The summed E-state index contributed by atoms with van der Waals surface area (Å²) >= 11 is 0. The molecule has 3 aliphatic rings. The van der Waals surface area contributed by atoms with E-state index in [1.807, 2.05) is 29.3 Å². The Bertz CT molecular complexity index is 1040. The molecule has 5 rings (SSSR count). The average Bonchev–Trinajstić information content (AvgIpc) is 3.28. The van der Waals surface area contributed by atoms with Crippen molar-refractivity contribution >= 4 is 22.7 Å². The minimum absolute atomic E-state index is 0.161. The summed E-state index contributed by atoms with van der Waals surface area (Å²) in [6, 6.07) is 8.42. The molecule has 2 aliphatic heterocycles. The number of ether oxygens (including phenoxy) is 1. The molecular formula is C26H35N3O3. The summed E-state index contributed by atoms with van der Waals surface area (Å²) < 4.78 is 7.45. The number of aryl methyl sites for hydroxylation is 1. The Morgan fingerprint density at radius 3 is 2.66 bits per heavy atom. The number of nitrogens with zero attached hydrogens (tertiary/aromatic N) is 3. The Morgan fingerprint density at radius 1 is 1.09 bits per heavy atom. The predicted octanol–water partition coefficient (Wildman–Crippen LogP) is 3.93. The van der Waals surface area contributed by atoms with E-state index in [-0.39, 0.29) is 17.2 Å². The Kier molecular flexibility index (Phi) is 5.31. The molecule has 2 bridgehead atoms. The number of likely N-dealkylation sites (tertiary alicyclic amines) is 1. The highest BCUT2D eigenvalue weighted by molar-refractivity contribution is 5.98. The highest BCUT2D eigenvalue weighted by Gasteiger charge is 2.51. The van der Waals surface area contributed by atoms with Gasteiger partial charge in [0, 0.05) is 61.3 Å². The van der Waals surface area contributed by atoms with Crippen molar-refractivity contribution in [3.8, 4) is 0 Å². The first-order valence-corrected chi connectivity index (χ1v) is 12.0. The fourth-order valence-electron chi connectivity index (χ4n) is 6.58. The Hall–Kier alpha value is -2.34. The van der Waals surface area contributed by atoms with Crippen LogP contribution in [0.3, 0.4) is 0 Å². The zero-order valence-corrected chi connectivity index (χ0v) is 19.6. The summed E-state index contributed by atoms with van der Waals surface area (Å²) in [5.41, 5.74) is 2.38. The van der Waals surface area contributed by atoms with Gasteiger partial charge in [0.15, 0.2) is 0 Å². The number of hydrogen-bond acceptors (Lipinski definition) is 3. The summed E-state index contributed by atoms with van der Waals surface area (Å²) in [6.45, 7) is 11.2.